The van der Waals surface area contributed by atoms with E-state index in [0.717, 1.165) is 47.3 Å². The molecule has 2 aliphatic heterocycles. The molecule has 3 heterocycles. The van der Waals surface area contributed by atoms with Gasteiger partial charge in [-0.15, -0.1) is 0 Å². The predicted molar refractivity (Wildman–Crippen MR) is 144 cm³/mol. The van der Waals surface area contributed by atoms with Crippen molar-refractivity contribution >= 4 is 17.7 Å². The van der Waals surface area contributed by atoms with Crippen molar-refractivity contribution in [1.29, 1.82) is 0 Å². The first-order valence-electron chi connectivity index (χ1n) is 13.2. The average Bonchev–Trinajstić information content (AvgIpc) is 3.29. The van der Waals surface area contributed by atoms with Crippen molar-refractivity contribution in [3.05, 3.63) is 67.4 Å². The molecule has 0 fully saturated rings. The van der Waals surface area contributed by atoms with Crippen LogP contribution in [0.25, 0.3) is 5.57 Å². The monoisotopic (exact) mass is 500 g/mol. The standard InChI is InChI=1S/C23H23FN2O4.3C2H6/c1-11-13-4-3-5-14-16-8-26-20(22(16)25-19(21(13)14)7-18(11)24)6-15(12(2)28)17(23(26)29)9-30-10-27;3*1-2/h6-7,10,12,22,25,28H,3-5,8-9H2,1-2H3;3*1-2H3. The van der Waals surface area contributed by atoms with Crippen LogP contribution in [-0.4, -0.2) is 16.1 Å². The number of nitrogens with zero attached hydrogens (tertiary/aromatic N) is 1. The number of fused-ring (bicyclic) bond motifs is 3. The molecule has 0 amide bonds. The first kappa shape index (κ1) is 29.3. The van der Waals surface area contributed by atoms with E-state index in [0.29, 0.717) is 24.1 Å². The minimum atomic E-state index is -0.886. The molecule has 1 aromatic heterocycles. The topological polar surface area (TPSA) is 80.6 Å². The van der Waals surface area contributed by atoms with Gasteiger partial charge in [0.15, 0.2) is 0 Å². The molecule has 0 saturated heterocycles. The van der Waals surface area contributed by atoms with E-state index in [2.05, 4.69) is 5.32 Å². The fourth-order valence-corrected chi connectivity index (χ4v) is 5.25. The Morgan fingerprint density at radius 1 is 1.19 bits per heavy atom. The van der Waals surface area contributed by atoms with Gasteiger partial charge in [0.25, 0.3) is 12.0 Å². The lowest BCUT2D eigenvalue weighted by Crippen LogP contribution is -2.27. The number of aromatic nitrogens is 1. The number of carbonyl (C=O) groups excluding carboxylic acids is 1. The summed E-state index contributed by atoms with van der Waals surface area (Å²) >= 11 is 0. The number of aliphatic hydroxyl groups excluding tert-OH is 1. The van der Waals surface area contributed by atoms with Crippen LogP contribution in [0.5, 0.6) is 0 Å². The molecule has 5 rings (SSSR count). The summed E-state index contributed by atoms with van der Waals surface area (Å²) in [6, 6.07) is 3.12. The number of pyridine rings is 1. The molecular formula is C29H41FN2O4. The number of aliphatic hydroxyl groups is 1. The van der Waals surface area contributed by atoms with Gasteiger partial charge < -0.3 is 19.7 Å². The maximum Gasteiger partial charge on any atom is 0.293 e. The molecule has 36 heavy (non-hydrogen) atoms. The van der Waals surface area contributed by atoms with Gasteiger partial charge in [0.2, 0.25) is 0 Å². The van der Waals surface area contributed by atoms with Crippen molar-refractivity contribution in [3.8, 4) is 0 Å². The number of nitrogens with one attached hydrogen (secondary N) is 1. The maximum atomic E-state index is 14.6. The molecule has 3 aliphatic rings. The predicted octanol–water partition coefficient (Wildman–Crippen LogP) is 6.37. The zero-order valence-electron chi connectivity index (χ0n) is 22.9. The Hall–Kier alpha value is -2.93. The Bertz CT molecular complexity index is 1180. The molecule has 0 spiro atoms. The molecule has 7 heteroatoms. The van der Waals surface area contributed by atoms with Gasteiger partial charge in [0.05, 0.1) is 17.7 Å². The molecule has 0 bridgehead atoms. The zero-order chi connectivity index (χ0) is 27.2. The molecule has 1 aliphatic carbocycles. The number of carbonyl (C=O) groups is 1. The Labute approximate surface area is 214 Å². The lowest BCUT2D eigenvalue weighted by Gasteiger charge is -2.33. The summed E-state index contributed by atoms with van der Waals surface area (Å²) in [5.74, 6) is -0.220. The van der Waals surface area contributed by atoms with Crippen molar-refractivity contribution in [2.75, 3.05) is 5.32 Å². The van der Waals surface area contributed by atoms with Gasteiger partial charge in [0.1, 0.15) is 12.4 Å². The highest BCUT2D eigenvalue weighted by molar-refractivity contribution is 5.87. The van der Waals surface area contributed by atoms with E-state index in [-0.39, 0.29) is 29.6 Å². The molecule has 1 aromatic carbocycles. The third kappa shape index (κ3) is 4.99. The van der Waals surface area contributed by atoms with Crippen molar-refractivity contribution in [2.24, 2.45) is 0 Å². The number of allylic oxidation sites excluding steroid dienone is 1. The number of ether oxygens (including phenoxy) is 1. The lowest BCUT2D eigenvalue weighted by atomic mass is 9.78. The molecule has 2 aromatic rings. The summed E-state index contributed by atoms with van der Waals surface area (Å²) in [6.07, 6.45) is 1.81. The summed E-state index contributed by atoms with van der Waals surface area (Å²) in [5.41, 5.74) is 7.14. The van der Waals surface area contributed by atoms with Gasteiger partial charge >= 0.3 is 0 Å². The van der Waals surface area contributed by atoms with E-state index in [1.165, 1.54) is 5.57 Å². The molecule has 198 valence electrons. The highest BCUT2D eigenvalue weighted by atomic mass is 19.1. The minimum Gasteiger partial charge on any atom is -0.463 e. The fourth-order valence-electron chi connectivity index (χ4n) is 5.25. The van der Waals surface area contributed by atoms with Crippen LogP contribution in [0.4, 0.5) is 10.1 Å². The van der Waals surface area contributed by atoms with Crippen molar-refractivity contribution in [2.45, 2.75) is 99.9 Å². The van der Waals surface area contributed by atoms with Crippen LogP contribution in [0, 0.1) is 12.7 Å². The van der Waals surface area contributed by atoms with E-state index in [9.17, 15) is 19.1 Å². The van der Waals surface area contributed by atoms with E-state index in [1.54, 1.807) is 23.6 Å². The average molecular weight is 501 g/mol. The van der Waals surface area contributed by atoms with Crippen LogP contribution >= 0.6 is 0 Å². The fraction of sp³-hybridized carbons (Fsp3) is 0.517. The van der Waals surface area contributed by atoms with Crippen molar-refractivity contribution in [3.63, 3.8) is 0 Å². The van der Waals surface area contributed by atoms with Gasteiger partial charge in [-0.25, -0.2) is 4.39 Å². The largest absolute Gasteiger partial charge is 0.463 e. The van der Waals surface area contributed by atoms with E-state index >= 15 is 0 Å². The molecule has 6 nitrogen and oxygen atoms in total. The smallest absolute Gasteiger partial charge is 0.293 e. The van der Waals surface area contributed by atoms with Gasteiger partial charge in [-0.05, 0) is 73.1 Å². The molecule has 2 atom stereocenters. The zero-order valence-corrected chi connectivity index (χ0v) is 22.9. The first-order valence-corrected chi connectivity index (χ1v) is 13.2. The number of anilines is 1. The number of halogens is 1. The SMILES string of the molecule is CC.CC.CC.Cc1c(F)cc2c3c1CCCC3=C1Cn3c(cc(C(C)O)c(COC=O)c3=O)C1N2. The Morgan fingerprint density at radius 3 is 2.47 bits per heavy atom. The van der Waals surface area contributed by atoms with E-state index in [4.69, 9.17) is 4.74 Å². The second kappa shape index (κ2) is 12.9. The third-order valence-electron chi connectivity index (χ3n) is 6.68. The van der Waals surface area contributed by atoms with E-state index < -0.39 is 6.10 Å². The second-order valence-electron chi connectivity index (χ2n) is 8.30. The Morgan fingerprint density at radius 2 is 1.86 bits per heavy atom. The summed E-state index contributed by atoms with van der Waals surface area (Å²) in [7, 11) is 0. The number of rotatable bonds is 4. The van der Waals surface area contributed by atoms with Gasteiger partial charge in [-0.1, -0.05) is 41.5 Å². The highest BCUT2D eigenvalue weighted by Gasteiger charge is 2.38. The van der Waals surface area contributed by atoms with Crippen molar-refractivity contribution < 1.29 is 19.0 Å². The summed E-state index contributed by atoms with van der Waals surface area (Å²) in [5, 5.41) is 13.7. The number of hydrogen-bond donors (Lipinski definition) is 2. The van der Waals surface area contributed by atoms with Gasteiger partial charge in [-0.3, -0.25) is 9.59 Å². The van der Waals surface area contributed by atoms with Crippen LogP contribution in [0.15, 0.2) is 22.5 Å². The molecular weight excluding hydrogens is 459 g/mol. The normalized spacial score (nSPS) is 16.8. The minimum absolute atomic E-state index is 0.179. The van der Waals surface area contributed by atoms with Crippen molar-refractivity contribution in [1.82, 2.24) is 4.57 Å². The Kier molecular flexibility index (Phi) is 10.5. The molecule has 0 saturated carbocycles. The summed E-state index contributed by atoms with van der Waals surface area (Å²) in [4.78, 5) is 23.9. The van der Waals surface area contributed by atoms with Crippen LogP contribution in [0.3, 0.4) is 0 Å². The molecule has 2 N–H and O–H groups in total. The summed E-state index contributed by atoms with van der Waals surface area (Å²) in [6.45, 7) is 16.0. The van der Waals surface area contributed by atoms with Gasteiger partial charge in [0, 0.05) is 23.5 Å². The molecule has 2 unspecified atom stereocenters. The first-order chi connectivity index (χ1) is 17.4. The van der Waals surface area contributed by atoms with E-state index in [1.807, 2.05) is 48.5 Å². The van der Waals surface area contributed by atoms with Crippen LogP contribution in [-0.2, 0) is 29.1 Å². The number of benzene rings is 1. The van der Waals surface area contributed by atoms with Crippen LogP contribution < -0.4 is 10.9 Å². The number of hydrogen-bond acceptors (Lipinski definition) is 5. The second-order valence-corrected chi connectivity index (χ2v) is 8.30. The third-order valence-corrected chi connectivity index (χ3v) is 6.68. The lowest BCUT2D eigenvalue weighted by molar-refractivity contribution is -0.129. The van der Waals surface area contributed by atoms with Crippen LogP contribution in [0.2, 0.25) is 0 Å². The quantitative estimate of drug-likeness (QED) is 0.477. The van der Waals surface area contributed by atoms with Gasteiger partial charge in [-0.2, -0.15) is 0 Å². The maximum absolute atomic E-state index is 14.6. The Balaban J connectivity index is 0.000000710. The molecule has 0 radical (unpaired) electrons. The van der Waals surface area contributed by atoms with Crippen LogP contribution in [0.1, 0.15) is 107 Å². The summed E-state index contributed by atoms with van der Waals surface area (Å²) < 4.78 is 21.1. The highest BCUT2D eigenvalue weighted by Crippen LogP contribution is 2.50.